The van der Waals surface area contributed by atoms with E-state index >= 15 is 0 Å². The topological polar surface area (TPSA) is 86.6 Å². The zero-order valence-electron chi connectivity index (χ0n) is 10.0. The van der Waals surface area contributed by atoms with Gasteiger partial charge in [0.15, 0.2) is 6.04 Å². The molecule has 0 fully saturated rings. The molecule has 0 saturated heterocycles. The molecule has 2 rings (SSSR count). The number of aliphatic hydroxyl groups excluding tert-OH is 1. The molecule has 19 heavy (non-hydrogen) atoms. The molecule has 0 aliphatic carbocycles. The number of fused-ring (bicyclic) bond motifs is 1. The van der Waals surface area contributed by atoms with Crippen LogP contribution in [0.4, 0.5) is 0 Å². The molecular formula is C14H13NO4. The van der Waals surface area contributed by atoms with Crippen molar-refractivity contribution in [3.8, 4) is 0 Å². The highest BCUT2D eigenvalue weighted by atomic mass is 16.4. The van der Waals surface area contributed by atoms with Crippen molar-refractivity contribution in [3.63, 3.8) is 0 Å². The molecule has 1 atom stereocenters. The summed E-state index contributed by atoms with van der Waals surface area (Å²) in [5.41, 5.74) is 0.387. The summed E-state index contributed by atoms with van der Waals surface area (Å²) >= 11 is 0. The van der Waals surface area contributed by atoms with Crippen LogP contribution in [0.3, 0.4) is 0 Å². The first-order valence-electron chi connectivity index (χ1n) is 5.76. The van der Waals surface area contributed by atoms with Crippen LogP contribution in [0, 0.1) is 0 Å². The molecule has 0 bridgehead atoms. The summed E-state index contributed by atoms with van der Waals surface area (Å²) in [6.07, 6.45) is 0. The second-order valence-electron chi connectivity index (χ2n) is 4.07. The number of hydrogen-bond acceptors (Lipinski definition) is 3. The van der Waals surface area contributed by atoms with E-state index in [1.54, 1.807) is 24.3 Å². The van der Waals surface area contributed by atoms with E-state index in [1.165, 1.54) is 0 Å². The Morgan fingerprint density at radius 1 is 1.11 bits per heavy atom. The van der Waals surface area contributed by atoms with Gasteiger partial charge >= 0.3 is 5.97 Å². The van der Waals surface area contributed by atoms with Gasteiger partial charge in [0.2, 0.25) is 0 Å². The minimum Gasteiger partial charge on any atom is -0.480 e. The molecule has 0 radical (unpaired) electrons. The first-order valence-corrected chi connectivity index (χ1v) is 5.76. The molecule has 0 unspecified atom stereocenters. The molecule has 0 spiro atoms. The summed E-state index contributed by atoms with van der Waals surface area (Å²) in [5.74, 6) is -1.78. The number of nitrogens with one attached hydrogen (secondary N) is 1. The average molecular weight is 259 g/mol. The smallest absolute Gasteiger partial charge is 0.328 e. The standard InChI is InChI=1S/C14H13NO4/c16-8-12(14(18)19)15-13(17)11-7-3-5-9-4-1-2-6-10(9)11/h1-7,12,16H,8H2,(H,15,17)(H,18,19)/t12-/m0/s1. The number of rotatable bonds is 4. The van der Waals surface area contributed by atoms with Crippen LogP contribution >= 0.6 is 0 Å². The summed E-state index contributed by atoms with van der Waals surface area (Å²) in [4.78, 5) is 22.8. The maximum atomic E-state index is 12.0. The van der Waals surface area contributed by atoms with E-state index in [4.69, 9.17) is 10.2 Å². The Morgan fingerprint density at radius 3 is 2.47 bits per heavy atom. The minimum atomic E-state index is -1.30. The van der Waals surface area contributed by atoms with Crippen LogP contribution in [0.25, 0.3) is 10.8 Å². The average Bonchev–Trinajstić information content (AvgIpc) is 2.43. The van der Waals surface area contributed by atoms with Crippen LogP contribution in [0.15, 0.2) is 42.5 Å². The third-order valence-corrected chi connectivity index (χ3v) is 2.82. The maximum absolute atomic E-state index is 12.0. The van der Waals surface area contributed by atoms with Crippen molar-refractivity contribution in [2.24, 2.45) is 0 Å². The predicted molar refractivity (Wildman–Crippen MR) is 69.9 cm³/mol. The van der Waals surface area contributed by atoms with Crippen LogP contribution in [0.2, 0.25) is 0 Å². The van der Waals surface area contributed by atoms with Crippen LogP contribution in [-0.4, -0.2) is 34.7 Å². The van der Waals surface area contributed by atoms with Gasteiger partial charge in [0.25, 0.3) is 5.91 Å². The number of aliphatic hydroxyl groups is 1. The monoisotopic (exact) mass is 259 g/mol. The number of carbonyl (C=O) groups is 2. The van der Waals surface area contributed by atoms with Gasteiger partial charge in [0.1, 0.15) is 0 Å². The largest absolute Gasteiger partial charge is 0.480 e. The van der Waals surface area contributed by atoms with Crippen molar-refractivity contribution >= 4 is 22.6 Å². The third-order valence-electron chi connectivity index (χ3n) is 2.82. The van der Waals surface area contributed by atoms with Gasteiger partial charge in [-0.1, -0.05) is 36.4 Å². The van der Waals surface area contributed by atoms with Crippen molar-refractivity contribution in [1.29, 1.82) is 0 Å². The second kappa shape index (κ2) is 5.49. The minimum absolute atomic E-state index is 0.387. The number of aliphatic carboxylic acids is 1. The van der Waals surface area contributed by atoms with E-state index in [9.17, 15) is 9.59 Å². The molecule has 0 saturated carbocycles. The fraction of sp³-hybridized carbons (Fsp3) is 0.143. The summed E-state index contributed by atoms with van der Waals surface area (Å²) in [6, 6.07) is 11.2. The summed E-state index contributed by atoms with van der Waals surface area (Å²) in [7, 11) is 0. The lowest BCUT2D eigenvalue weighted by molar-refractivity contribution is -0.140. The Balaban J connectivity index is 2.34. The van der Waals surface area contributed by atoms with E-state index < -0.39 is 24.5 Å². The van der Waals surface area contributed by atoms with Crippen LogP contribution in [0.1, 0.15) is 10.4 Å². The summed E-state index contributed by atoms with van der Waals surface area (Å²) in [5, 5.41) is 21.6. The van der Waals surface area contributed by atoms with Crippen LogP contribution in [-0.2, 0) is 4.79 Å². The Kier molecular flexibility index (Phi) is 3.77. The van der Waals surface area contributed by atoms with Gasteiger partial charge in [-0.2, -0.15) is 0 Å². The molecule has 2 aromatic carbocycles. The van der Waals surface area contributed by atoms with Gasteiger partial charge in [-0.3, -0.25) is 4.79 Å². The van der Waals surface area contributed by atoms with E-state index in [-0.39, 0.29) is 0 Å². The highest BCUT2D eigenvalue weighted by Crippen LogP contribution is 2.18. The van der Waals surface area contributed by atoms with E-state index in [0.717, 1.165) is 10.8 Å². The number of carbonyl (C=O) groups excluding carboxylic acids is 1. The van der Waals surface area contributed by atoms with Gasteiger partial charge in [-0.05, 0) is 16.8 Å². The lowest BCUT2D eigenvalue weighted by atomic mass is 10.0. The van der Waals surface area contributed by atoms with Crippen LogP contribution in [0.5, 0.6) is 0 Å². The highest BCUT2D eigenvalue weighted by molar-refractivity contribution is 6.07. The van der Waals surface area contributed by atoms with Crippen molar-refractivity contribution in [3.05, 3.63) is 48.0 Å². The van der Waals surface area contributed by atoms with Gasteiger partial charge in [-0.15, -0.1) is 0 Å². The van der Waals surface area contributed by atoms with Crippen molar-refractivity contribution in [1.82, 2.24) is 5.32 Å². The summed E-state index contributed by atoms with van der Waals surface area (Å²) in [6.45, 7) is -0.647. The van der Waals surface area contributed by atoms with Gasteiger partial charge in [-0.25, -0.2) is 4.79 Å². The predicted octanol–water partition coefficient (Wildman–Crippen LogP) is 1.02. The molecule has 3 N–H and O–H groups in total. The number of amides is 1. The normalized spacial score (nSPS) is 12.1. The Hall–Kier alpha value is -2.40. The quantitative estimate of drug-likeness (QED) is 0.765. The van der Waals surface area contributed by atoms with Gasteiger partial charge in [0.05, 0.1) is 6.61 Å². The number of benzene rings is 2. The van der Waals surface area contributed by atoms with Crippen molar-refractivity contribution < 1.29 is 19.8 Å². The van der Waals surface area contributed by atoms with Crippen molar-refractivity contribution in [2.75, 3.05) is 6.61 Å². The lowest BCUT2D eigenvalue weighted by Crippen LogP contribution is -2.43. The summed E-state index contributed by atoms with van der Waals surface area (Å²) < 4.78 is 0. The molecule has 0 heterocycles. The first-order chi connectivity index (χ1) is 9.13. The molecule has 0 aliphatic rings. The van der Waals surface area contributed by atoms with E-state index in [1.807, 2.05) is 18.2 Å². The van der Waals surface area contributed by atoms with E-state index in [0.29, 0.717) is 5.56 Å². The molecular weight excluding hydrogens is 246 g/mol. The zero-order valence-corrected chi connectivity index (χ0v) is 10.0. The van der Waals surface area contributed by atoms with Gasteiger partial charge in [0, 0.05) is 5.56 Å². The number of hydrogen-bond donors (Lipinski definition) is 3. The molecule has 0 aliphatic heterocycles. The van der Waals surface area contributed by atoms with Crippen molar-refractivity contribution in [2.45, 2.75) is 6.04 Å². The second-order valence-corrected chi connectivity index (χ2v) is 4.07. The Labute approximate surface area is 109 Å². The molecule has 1 amide bonds. The maximum Gasteiger partial charge on any atom is 0.328 e. The third kappa shape index (κ3) is 2.71. The van der Waals surface area contributed by atoms with Crippen LogP contribution < -0.4 is 5.32 Å². The molecule has 98 valence electrons. The lowest BCUT2D eigenvalue weighted by Gasteiger charge is -2.12. The molecule has 0 aromatic heterocycles. The fourth-order valence-corrected chi connectivity index (χ4v) is 1.84. The van der Waals surface area contributed by atoms with Gasteiger partial charge < -0.3 is 15.5 Å². The molecule has 5 heteroatoms. The fourth-order valence-electron chi connectivity index (χ4n) is 1.84. The zero-order chi connectivity index (χ0) is 13.8. The first kappa shape index (κ1) is 13.0. The van der Waals surface area contributed by atoms with E-state index in [2.05, 4.69) is 5.32 Å². The SMILES string of the molecule is O=C(N[C@@H](CO)C(=O)O)c1cccc2ccccc12. The molecule has 5 nitrogen and oxygen atoms in total. The molecule has 2 aromatic rings. The highest BCUT2D eigenvalue weighted by Gasteiger charge is 2.20. The Morgan fingerprint density at radius 2 is 1.79 bits per heavy atom. The number of carboxylic acid groups (broad SMARTS) is 1. The Bertz CT molecular complexity index is 618. The number of carboxylic acids is 1.